The largest absolute Gasteiger partial charge is 0.495 e. The highest BCUT2D eigenvalue weighted by molar-refractivity contribution is 6.31. The second kappa shape index (κ2) is 11.6. The first kappa shape index (κ1) is 24.4. The van der Waals surface area contributed by atoms with Crippen molar-refractivity contribution < 1.29 is 19.1 Å². The Labute approximate surface area is 209 Å². The van der Waals surface area contributed by atoms with E-state index in [0.29, 0.717) is 40.9 Å². The number of ether oxygens (including phenoxy) is 2. The van der Waals surface area contributed by atoms with Crippen LogP contribution in [0.1, 0.15) is 10.4 Å². The van der Waals surface area contributed by atoms with Gasteiger partial charge in [-0.1, -0.05) is 23.7 Å². The van der Waals surface area contributed by atoms with Gasteiger partial charge in [-0.15, -0.1) is 0 Å². The number of halogens is 1. The van der Waals surface area contributed by atoms with Gasteiger partial charge in [-0.05, 0) is 54.6 Å². The highest BCUT2D eigenvalue weighted by Crippen LogP contribution is 2.30. The highest BCUT2D eigenvalue weighted by Gasteiger charge is 2.16. The van der Waals surface area contributed by atoms with Crippen molar-refractivity contribution >= 4 is 46.2 Å². The van der Waals surface area contributed by atoms with Gasteiger partial charge >= 0.3 is 0 Å². The average molecular weight is 495 g/mol. The van der Waals surface area contributed by atoms with Gasteiger partial charge in [0.15, 0.2) is 0 Å². The molecule has 1 heterocycles. The number of amides is 2. The van der Waals surface area contributed by atoms with Gasteiger partial charge in [-0.3, -0.25) is 9.59 Å². The normalized spacial score (nSPS) is 13.1. The van der Waals surface area contributed by atoms with Crippen molar-refractivity contribution in [1.29, 1.82) is 0 Å². The first-order chi connectivity index (χ1) is 17.0. The standard InChI is InChI=1S/C26H27ClN4O4/c1-34-24-5-3-2-4-21(24)30-26(33)18-6-9-20(10-7-18)29-25(32)17-28-22-16-19(27)8-11-23(22)31-12-14-35-15-13-31/h2-11,16,28H,12-15,17H2,1H3,(H,29,32)(H,30,33). The second-order valence-electron chi connectivity index (χ2n) is 7.89. The highest BCUT2D eigenvalue weighted by atomic mass is 35.5. The molecule has 4 rings (SSSR count). The third-order valence-electron chi connectivity index (χ3n) is 5.54. The Morgan fingerprint density at radius 1 is 0.971 bits per heavy atom. The number of para-hydroxylation sites is 2. The van der Waals surface area contributed by atoms with E-state index in [2.05, 4.69) is 20.9 Å². The minimum absolute atomic E-state index is 0.0632. The van der Waals surface area contributed by atoms with Gasteiger partial charge in [0.1, 0.15) is 5.75 Å². The Hall–Kier alpha value is -3.75. The van der Waals surface area contributed by atoms with Crippen molar-refractivity contribution in [3.05, 3.63) is 77.3 Å². The number of carbonyl (C=O) groups is 2. The summed E-state index contributed by atoms with van der Waals surface area (Å²) in [5, 5.41) is 9.44. The summed E-state index contributed by atoms with van der Waals surface area (Å²) in [5.74, 6) is 0.0866. The maximum Gasteiger partial charge on any atom is 0.255 e. The van der Waals surface area contributed by atoms with Crippen molar-refractivity contribution in [2.75, 3.05) is 60.8 Å². The lowest BCUT2D eigenvalue weighted by Crippen LogP contribution is -2.36. The minimum Gasteiger partial charge on any atom is -0.495 e. The molecule has 0 spiro atoms. The summed E-state index contributed by atoms with van der Waals surface area (Å²) < 4.78 is 10.7. The summed E-state index contributed by atoms with van der Waals surface area (Å²) >= 11 is 6.19. The van der Waals surface area contributed by atoms with Crippen LogP contribution in [0.4, 0.5) is 22.7 Å². The molecule has 1 aliphatic rings. The molecule has 9 heteroatoms. The smallest absolute Gasteiger partial charge is 0.255 e. The molecule has 1 aliphatic heterocycles. The van der Waals surface area contributed by atoms with Gasteiger partial charge in [0.2, 0.25) is 5.91 Å². The molecule has 3 aromatic carbocycles. The number of anilines is 4. The van der Waals surface area contributed by atoms with Gasteiger partial charge in [0.05, 0.1) is 43.9 Å². The Morgan fingerprint density at radius 3 is 2.46 bits per heavy atom. The predicted molar refractivity (Wildman–Crippen MR) is 139 cm³/mol. The fraction of sp³-hybridized carbons (Fsp3) is 0.231. The van der Waals surface area contributed by atoms with Crippen LogP contribution in [-0.4, -0.2) is 51.8 Å². The Morgan fingerprint density at radius 2 is 1.71 bits per heavy atom. The third-order valence-corrected chi connectivity index (χ3v) is 5.77. The summed E-state index contributed by atoms with van der Waals surface area (Å²) in [7, 11) is 1.55. The van der Waals surface area contributed by atoms with E-state index in [9.17, 15) is 9.59 Å². The van der Waals surface area contributed by atoms with E-state index in [0.717, 1.165) is 24.5 Å². The SMILES string of the molecule is COc1ccccc1NC(=O)c1ccc(NC(=O)CNc2cc(Cl)ccc2N2CCOCC2)cc1. The molecule has 2 amide bonds. The maximum atomic E-state index is 12.6. The number of methoxy groups -OCH3 is 1. The minimum atomic E-state index is -0.273. The number of rotatable bonds is 8. The molecule has 0 aliphatic carbocycles. The number of hydrogen-bond donors (Lipinski definition) is 3. The first-order valence-electron chi connectivity index (χ1n) is 11.2. The van der Waals surface area contributed by atoms with Crippen LogP contribution in [0.5, 0.6) is 5.75 Å². The number of benzene rings is 3. The van der Waals surface area contributed by atoms with Gasteiger partial charge in [-0.2, -0.15) is 0 Å². The molecule has 0 radical (unpaired) electrons. The molecule has 8 nitrogen and oxygen atoms in total. The van der Waals surface area contributed by atoms with Crippen molar-refractivity contribution in [2.24, 2.45) is 0 Å². The summed E-state index contributed by atoms with van der Waals surface area (Å²) in [5.41, 5.74) is 3.40. The van der Waals surface area contributed by atoms with Gasteiger partial charge in [0.25, 0.3) is 5.91 Å². The topological polar surface area (TPSA) is 91.9 Å². The average Bonchev–Trinajstić information content (AvgIpc) is 2.89. The van der Waals surface area contributed by atoms with Crippen LogP contribution in [-0.2, 0) is 9.53 Å². The van der Waals surface area contributed by atoms with E-state index in [4.69, 9.17) is 21.1 Å². The number of nitrogens with one attached hydrogen (secondary N) is 3. The van der Waals surface area contributed by atoms with Gasteiger partial charge in [-0.25, -0.2) is 0 Å². The molecule has 35 heavy (non-hydrogen) atoms. The van der Waals surface area contributed by atoms with Crippen LogP contribution in [0, 0.1) is 0 Å². The van der Waals surface area contributed by atoms with Crippen molar-refractivity contribution in [3.8, 4) is 5.75 Å². The molecule has 0 aromatic heterocycles. The number of carbonyl (C=O) groups excluding carboxylic acids is 2. The summed E-state index contributed by atoms with van der Waals surface area (Å²) in [6.45, 7) is 2.94. The van der Waals surface area contributed by atoms with Gasteiger partial charge in [0, 0.05) is 29.4 Å². The molecule has 3 N–H and O–H groups in total. The van der Waals surface area contributed by atoms with Crippen LogP contribution >= 0.6 is 11.6 Å². The van der Waals surface area contributed by atoms with Crippen LogP contribution in [0.2, 0.25) is 5.02 Å². The first-order valence-corrected chi connectivity index (χ1v) is 11.6. The van der Waals surface area contributed by atoms with E-state index >= 15 is 0 Å². The second-order valence-corrected chi connectivity index (χ2v) is 8.33. The molecule has 1 fully saturated rings. The predicted octanol–water partition coefficient (Wildman–Crippen LogP) is 4.49. The van der Waals surface area contributed by atoms with Crippen LogP contribution in [0.15, 0.2) is 66.7 Å². The monoisotopic (exact) mass is 494 g/mol. The van der Waals surface area contributed by atoms with Gasteiger partial charge < -0.3 is 30.3 Å². The Kier molecular flexibility index (Phi) is 8.07. The zero-order chi connectivity index (χ0) is 24.6. The molecule has 0 unspecified atom stereocenters. The van der Waals surface area contributed by atoms with E-state index in [1.165, 1.54) is 0 Å². The van der Waals surface area contributed by atoms with Crippen LogP contribution < -0.4 is 25.6 Å². The molecule has 0 atom stereocenters. The van der Waals surface area contributed by atoms with Crippen LogP contribution in [0.25, 0.3) is 0 Å². The summed E-state index contributed by atoms with van der Waals surface area (Å²) in [6, 6.07) is 19.5. The van der Waals surface area contributed by atoms with Crippen molar-refractivity contribution in [2.45, 2.75) is 0 Å². The van der Waals surface area contributed by atoms with Crippen LogP contribution in [0.3, 0.4) is 0 Å². The molecule has 0 saturated carbocycles. The molecular formula is C26H27ClN4O4. The summed E-state index contributed by atoms with van der Waals surface area (Å²) in [6.07, 6.45) is 0. The van der Waals surface area contributed by atoms with Crippen molar-refractivity contribution in [1.82, 2.24) is 0 Å². The lowest BCUT2D eigenvalue weighted by atomic mass is 10.2. The van der Waals surface area contributed by atoms with E-state index in [1.54, 1.807) is 43.5 Å². The summed E-state index contributed by atoms with van der Waals surface area (Å²) in [4.78, 5) is 27.3. The number of hydrogen-bond acceptors (Lipinski definition) is 6. The molecular weight excluding hydrogens is 468 g/mol. The fourth-order valence-corrected chi connectivity index (χ4v) is 3.93. The lowest BCUT2D eigenvalue weighted by molar-refractivity contribution is -0.114. The zero-order valence-electron chi connectivity index (χ0n) is 19.3. The molecule has 0 bridgehead atoms. The van der Waals surface area contributed by atoms with E-state index < -0.39 is 0 Å². The molecule has 3 aromatic rings. The quantitative estimate of drug-likeness (QED) is 0.427. The molecule has 182 valence electrons. The number of morpholine rings is 1. The van der Waals surface area contributed by atoms with E-state index in [-0.39, 0.29) is 18.4 Å². The fourth-order valence-electron chi connectivity index (χ4n) is 3.76. The number of nitrogens with zero attached hydrogens (tertiary/aromatic N) is 1. The Balaban J connectivity index is 1.34. The zero-order valence-corrected chi connectivity index (χ0v) is 20.1. The Bertz CT molecular complexity index is 1180. The van der Waals surface area contributed by atoms with E-state index in [1.807, 2.05) is 30.3 Å². The lowest BCUT2D eigenvalue weighted by Gasteiger charge is -2.30. The third kappa shape index (κ3) is 6.44. The molecule has 1 saturated heterocycles. The van der Waals surface area contributed by atoms with Crippen molar-refractivity contribution in [3.63, 3.8) is 0 Å². The maximum absolute atomic E-state index is 12.6.